The zero-order chi connectivity index (χ0) is 21.9. The van der Waals surface area contributed by atoms with Gasteiger partial charge in [0.15, 0.2) is 11.0 Å². The second kappa shape index (κ2) is 9.28. The van der Waals surface area contributed by atoms with E-state index in [0.717, 1.165) is 12.1 Å². The number of alkyl halides is 3. The van der Waals surface area contributed by atoms with Crippen molar-refractivity contribution in [2.45, 2.75) is 24.8 Å². The van der Waals surface area contributed by atoms with Crippen LogP contribution in [0.3, 0.4) is 0 Å². The lowest BCUT2D eigenvalue weighted by Crippen LogP contribution is -2.25. The Hall–Kier alpha value is -2.23. The predicted octanol–water partition coefficient (Wildman–Crippen LogP) is 5.63. The summed E-state index contributed by atoms with van der Waals surface area (Å²) in [6.07, 6.45) is -4.48. The molecular formula is C19H15Cl2F3N4OS. The fraction of sp³-hybridized carbons (Fsp3) is 0.211. The number of thioether (sulfide) groups is 1. The van der Waals surface area contributed by atoms with E-state index in [1.165, 1.54) is 46.7 Å². The lowest BCUT2D eigenvalue weighted by molar-refractivity contribution is -0.137. The number of benzene rings is 2. The van der Waals surface area contributed by atoms with Gasteiger partial charge in [0.25, 0.3) is 5.91 Å². The summed E-state index contributed by atoms with van der Waals surface area (Å²) in [6.45, 7) is 1.82. The van der Waals surface area contributed by atoms with Crippen LogP contribution in [0.15, 0.2) is 47.6 Å². The van der Waals surface area contributed by atoms with Crippen LogP contribution in [0, 0.1) is 0 Å². The van der Waals surface area contributed by atoms with Crippen molar-refractivity contribution in [3.63, 3.8) is 0 Å². The van der Waals surface area contributed by atoms with Gasteiger partial charge in [-0.05, 0) is 42.2 Å². The third-order valence-corrected chi connectivity index (χ3v) is 5.35. The fourth-order valence-corrected chi connectivity index (χ4v) is 3.84. The molecule has 3 rings (SSSR count). The van der Waals surface area contributed by atoms with Crippen molar-refractivity contribution in [2.24, 2.45) is 0 Å². The van der Waals surface area contributed by atoms with Crippen molar-refractivity contribution in [1.29, 1.82) is 0 Å². The highest BCUT2D eigenvalue weighted by atomic mass is 35.5. The van der Waals surface area contributed by atoms with Crippen LogP contribution in [-0.4, -0.2) is 26.4 Å². The Kier molecular flexibility index (Phi) is 6.95. The number of rotatable bonds is 6. The maximum atomic E-state index is 13.1. The second-order valence-electron chi connectivity index (χ2n) is 6.02. The zero-order valence-corrected chi connectivity index (χ0v) is 17.8. The smallest absolute Gasteiger partial charge is 0.345 e. The minimum atomic E-state index is -4.48. The molecule has 5 nitrogen and oxygen atoms in total. The quantitative estimate of drug-likeness (QED) is 0.470. The molecule has 1 aromatic heterocycles. The first-order valence-electron chi connectivity index (χ1n) is 8.68. The van der Waals surface area contributed by atoms with E-state index in [1.54, 1.807) is 0 Å². The summed E-state index contributed by atoms with van der Waals surface area (Å²) < 4.78 is 40.9. The highest BCUT2D eigenvalue weighted by molar-refractivity contribution is 7.99. The molecule has 0 radical (unpaired) electrons. The molecule has 0 bridgehead atoms. The first-order chi connectivity index (χ1) is 14.2. The van der Waals surface area contributed by atoms with Crippen LogP contribution in [0.4, 0.5) is 13.2 Å². The summed E-state index contributed by atoms with van der Waals surface area (Å²) in [5.41, 5.74) is -0.321. The number of halogens is 5. The molecule has 0 saturated heterocycles. The van der Waals surface area contributed by atoms with Crippen LogP contribution < -0.4 is 5.32 Å². The topological polar surface area (TPSA) is 59.8 Å². The Morgan fingerprint density at radius 3 is 2.60 bits per heavy atom. The molecule has 11 heteroatoms. The molecule has 0 saturated carbocycles. The van der Waals surface area contributed by atoms with Crippen molar-refractivity contribution in [1.82, 2.24) is 20.1 Å². The molecule has 3 aromatic rings. The molecule has 1 amide bonds. The average Bonchev–Trinajstić information content (AvgIpc) is 3.08. The number of amides is 1. The van der Waals surface area contributed by atoms with Gasteiger partial charge in [0.1, 0.15) is 0 Å². The highest BCUT2D eigenvalue weighted by Gasteiger charge is 2.31. The number of nitrogens with one attached hydrogen (secondary N) is 1. The Morgan fingerprint density at radius 2 is 1.93 bits per heavy atom. The molecule has 0 unspecified atom stereocenters. The minimum Gasteiger partial charge on any atom is -0.345 e. The van der Waals surface area contributed by atoms with Crippen LogP contribution in [-0.2, 0) is 12.7 Å². The minimum absolute atomic E-state index is 0.0642. The van der Waals surface area contributed by atoms with E-state index in [4.69, 9.17) is 23.2 Å². The average molecular weight is 475 g/mol. The number of aromatic nitrogens is 3. The van der Waals surface area contributed by atoms with E-state index in [0.29, 0.717) is 15.9 Å². The Morgan fingerprint density at radius 1 is 1.17 bits per heavy atom. The number of hydrogen-bond donors (Lipinski definition) is 1. The van der Waals surface area contributed by atoms with Crippen molar-refractivity contribution in [3.05, 3.63) is 69.5 Å². The lowest BCUT2D eigenvalue weighted by Gasteiger charge is -2.13. The Balaban J connectivity index is 1.90. The summed E-state index contributed by atoms with van der Waals surface area (Å²) in [4.78, 5) is 12.5. The molecule has 0 fully saturated rings. The van der Waals surface area contributed by atoms with Crippen molar-refractivity contribution in [3.8, 4) is 5.69 Å². The van der Waals surface area contributed by atoms with Crippen LogP contribution in [0.25, 0.3) is 5.69 Å². The van der Waals surface area contributed by atoms with E-state index >= 15 is 0 Å². The third-order valence-electron chi connectivity index (χ3n) is 3.99. The van der Waals surface area contributed by atoms with E-state index in [1.807, 2.05) is 6.92 Å². The maximum absolute atomic E-state index is 13.1. The van der Waals surface area contributed by atoms with Crippen LogP contribution in [0.1, 0.15) is 28.7 Å². The van der Waals surface area contributed by atoms with E-state index in [9.17, 15) is 18.0 Å². The summed E-state index contributed by atoms with van der Waals surface area (Å²) in [5.74, 6) is 0.452. The van der Waals surface area contributed by atoms with Gasteiger partial charge in [0.2, 0.25) is 0 Å². The normalized spacial score (nSPS) is 11.5. The molecular weight excluding hydrogens is 460 g/mol. The van der Waals surface area contributed by atoms with Crippen molar-refractivity contribution >= 4 is 40.9 Å². The molecule has 2 aromatic carbocycles. The highest BCUT2D eigenvalue weighted by Crippen LogP contribution is 2.31. The molecule has 0 spiro atoms. The van der Waals surface area contributed by atoms with Crippen LogP contribution >= 0.6 is 35.0 Å². The van der Waals surface area contributed by atoms with Gasteiger partial charge in [-0.3, -0.25) is 9.36 Å². The fourth-order valence-electron chi connectivity index (χ4n) is 2.65. The van der Waals surface area contributed by atoms with Gasteiger partial charge < -0.3 is 5.32 Å². The van der Waals surface area contributed by atoms with E-state index < -0.39 is 17.6 Å². The molecule has 0 atom stereocenters. The van der Waals surface area contributed by atoms with E-state index in [-0.39, 0.29) is 28.6 Å². The molecule has 0 aliphatic rings. The molecule has 1 heterocycles. The van der Waals surface area contributed by atoms with Crippen LogP contribution in [0.5, 0.6) is 0 Å². The number of carbonyl (C=O) groups excluding carboxylic acids is 1. The monoisotopic (exact) mass is 474 g/mol. The summed E-state index contributed by atoms with van der Waals surface area (Å²) in [5, 5.41) is 11.8. The molecule has 0 aliphatic carbocycles. The molecule has 30 heavy (non-hydrogen) atoms. The van der Waals surface area contributed by atoms with Gasteiger partial charge in [-0.1, -0.05) is 48.0 Å². The van der Waals surface area contributed by atoms with Gasteiger partial charge in [-0.2, -0.15) is 13.2 Å². The zero-order valence-electron chi connectivity index (χ0n) is 15.5. The summed E-state index contributed by atoms with van der Waals surface area (Å²) in [7, 11) is 0. The van der Waals surface area contributed by atoms with Gasteiger partial charge in [0, 0.05) is 5.02 Å². The summed E-state index contributed by atoms with van der Waals surface area (Å²) >= 11 is 13.2. The number of carbonyl (C=O) groups is 1. The third kappa shape index (κ3) is 5.08. The van der Waals surface area contributed by atoms with Crippen molar-refractivity contribution in [2.75, 3.05) is 5.75 Å². The molecule has 1 N–H and O–H groups in total. The van der Waals surface area contributed by atoms with E-state index in [2.05, 4.69) is 15.5 Å². The number of hydrogen-bond acceptors (Lipinski definition) is 4. The molecule has 158 valence electrons. The number of nitrogens with zero attached hydrogens (tertiary/aromatic N) is 3. The van der Waals surface area contributed by atoms with Gasteiger partial charge in [0.05, 0.1) is 28.4 Å². The Labute approximate surface area is 184 Å². The first-order valence-corrected chi connectivity index (χ1v) is 10.4. The first kappa shape index (κ1) is 22.5. The Bertz CT molecular complexity index is 1070. The van der Waals surface area contributed by atoms with Gasteiger partial charge in [-0.15, -0.1) is 10.2 Å². The second-order valence-corrected chi connectivity index (χ2v) is 8.10. The summed E-state index contributed by atoms with van der Waals surface area (Å²) in [6, 6.07) is 9.31. The SMILES string of the molecule is CCSc1nnc(CNC(=O)c2ccc(Cl)cc2Cl)n1-c1cccc(C(F)(F)F)c1. The molecule has 0 aliphatic heterocycles. The standard InChI is InChI=1S/C19H15Cl2F3N4OS/c1-2-30-18-27-26-16(10-25-17(29)14-7-6-12(20)9-15(14)21)28(18)13-5-3-4-11(8-13)19(22,23)24/h3-9H,2,10H2,1H3,(H,25,29). The van der Waals surface area contributed by atoms with Crippen LogP contribution in [0.2, 0.25) is 10.0 Å². The van der Waals surface area contributed by atoms with Crippen molar-refractivity contribution < 1.29 is 18.0 Å². The maximum Gasteiger partial charge on any atom is 0.416 e. The predicted molar refractivity (Wildman–Crippen MR) is 110 cm³/mol. The largest absolute Gasteiger partial charge is 0.416 e. The van der Waals surface area contributed by atoms with Gasteiger partial charge >= 0.3 is 6.18 Å². The van der Waals surface area contributed by atoms with Gasteiger partial charge in [-0.25, -0.2) is 0 Å². The lowest BCUT2D eigenvalue weighted by atomic mass is 10.2.